The van der Waals surface area contributed by atoms with Crippen molar-refractivity contribution in [3.05, 3.63) is 18.0 Å². The Kier molecular flexibility index (Phi) is 3.19. The molecule has 5 nitrogen and oxygen atoms in total. The molecule has 1 aliphatic heterocycles. The molecule has 0 aliphatic carbocycles. The minimum Gasteiger partial charge on any atom is -0.348 e. The molecule has 2 atom stereocenters. The molecule has 2 unspecified atom stereocenters. The molecule has 1 aromatic heterocycles. The summed E-state index contributed by atoms with van der Waals surface area (Å²) in [5.41, 5.74) is 0.624. The van der Waals surface area contributed by atoms with E-state index in [9.17, 15) is 4.79 Å². The second-order valence-corrected chi connectivity index (χ2v) is 5.00. The molecule has 0 aromatic carbocycles. The van der Waals surface area contributed by atoms with Gasteiger partial charge in [0.15, 0.2) is 0 Å². The van der Waals surface area contributed by atoms with Crippen molar-refractivity contribution < 1.29 is 4.79 Å². The third kappa shape index (κ3) is 2.49. The Morgan fingerprint density at radius 1 is 1.71 bits per heavy atom. The molecule has 1 aliphatic rings. The maximum Gasteiger partial charge on any atom is 0.240 e. The number of aromatic nitrogens is 2. The highest BCUT2D eigenvalue weighted by Gasteiger charge is 2.36. The first kappa shape index (κ1) is 12.1. The predicted molar refractivity (Wildman–Crippen MR) is 65.4 cm³/mol. The molecular weight excluding hydrogens is 216 g/mol. The molecular formula is C12H20N4O. The van der Waals surface area contributed by atoms with Gasteiger partial charge in [0.1, 0.15) is 0 Å². The zero-order valence-corrected chi connectivity index (χ0v) is 10.7. The van der Waals surface area contributed by atoms with Crippen LogP contribution in [0.15, 0.2) is 12.4 Å². The number of amides is 1. The van der Waals surface area contributed by atoms with Crippen LogP contribution in [0.4, 0.5) is 0 Å². The number of nitrogens with zero attached hydrogens (tertiary/aromatic N) is 2. The van der Waals surface area contributed by atoms with Crippen LogP contribution < -0.4 is 10.6 Å². The zero-order chi connectivity index (χ0) is 12.5. The van der Waals surface area contributed by atoms with Gasteiger partial charge in [-0.15, -0.1) is 0 Å². The van der Waals surface area contributed by atoms with E-state index in [1.165, 1.54) is 0 Å². The topological polar surface area (TPSA) is 59.0 Å². The van der Waals surface area contributed by atoms with Crippen LogP contribution in [0.1, 0.15) is 38.3 Å². The fourth-order valence-corrected chi connectivity index (χ4v) is 2.19. The molecule has 1 amide bonds. The molecule has 2 rings (SSSR count). The van der Waals surface area contributed by atoms with Crippen molar-refractivity contribution in [3.63, 3.8) is 0 Å². The highest BCUT2D eigenvalue weighted by Crippen LogP contribution is 2.20. The van der Waals surface area contributed by atoms with E-state index in [1.807, 2.05) is 27.1 Å². The number of aryl methyl sites for hydroxylation is 1. The van der Waals surface area contributed by atoms with E-state index in [2.05, 4.69) is 15.7 Å². The average molecular weight is 236 g/mol. The first-order valence-corrected chi connectivity index (χ1v) is 6.06. The van der Waals surface area contributed by atoms with Crippen molar-refractivity contribution in [2.75, 3.05) is 6.54 Å². The molecule has 2 N–H and O–H groups in total. The smallest absolute Gasteiger partial charge is 0.240 e. The van der Waals surface area contributed by atoms with Crippen LogP contribution in [0.5, 0.6) is 0 Å². The van der Waals surface area contributed by atoms with Gasteiger partial charge in [0.2, 0.25) is 5.91 Å². The molecule has 0 radical (unpaired) electrons. The van der Waals surface area contributed by atoms with Crippen molar-refractivity contribution in [3.8, 4) is 0 Å². The van der Waals surface area contributed by atoms with Crippen LogP contribution >= 0.6 is 0 Å². The lowest BCUT2D eigenvalue weighted by atomic mass is 9.98. The molecule has 1 fully saturated rings. The minimum atomic E-state index is -0.406. The van der Waals surface area contributed by atoms with Crippen LogP contribution in [-0.4, -0.2) is 27.8 Å². The number of carbonyl (C=O) groups is 1. The van der Waals surface area contributed by atoms with Crippen molar-refractivity contribution in [2.24, 2.45) is 7.05 Å². The Labute approximate surface area is 102 Å². The van der Waals surface area contributed by atoms with E-state index in [0.29, 0.717) is 0 Å². The maximum atomic E-state index is 12.2. The zero-order valence-electron chi connectivity index (χ0n) is 10.7. The van der Waals surface area contributed by atoms with Gasteiger partial charge in [-0.3, -0.25) is 9.48 Å². The van der Waals surface area contributed by atoms with Gasteiger partial charge in [-0.05, 0) is 33.2 Å². The molecule has 1 aromatic rings. The van der Waals surface area contributed by atoms with E-state index in [-0.39, 0.29) is 11.9 Å². The standard InChI is InChI=1S/C12H20N4O/c1-9(10-7-14-16(3)8-10)15-11(17)12(2)5-4-6-13-12/h7-9,13H,4-6H2,1-3H3,(H,15,17). The van der Waals surface area contributed by atoms with Gasteiger partial charge < -0.3 is 10.6 Å². The molecule has 0 bridgehead atoms. The maximum absolute atomic E-state index is 12.2. The highest BCUT2D eigenvalue weighted by atomic mass is 16.2. The number of hydrogen-bond acceptors (Lipinski definition) is 3. The Hall–Kier alpha value is -1.36. The molecule has 0 spiro atoms. The van der Waals surface area contributed by atoms with E-state index < -0.39 is 5.54 Å². The van der Waals surface area contributed by atoms with E-state index in [0.717, 1.165) is 24.9 Å². The van der Waals surface area contributed by atoms with Crippen molar-refractivity contribution in [2.45, 2.75) is 38.3 Å². The van der Waals surface area contributed by atoms with Crippen molar-refractivity contribution in [1.29, 1.82) is 0 Å². The van der Waals surface area contributed by atoms with Crippen molar-refractivity contribution >= 4 is 5.91 Å². The van der Waals surface area contributed by atoms with Gasteiger partial charge in [-0.1, -0.05) is 0 Å². The lowest BCUT2D eigenvalue weighted by Crippen LogP contribution is -2.51. The van der Waals surface area contributed by atoms with Crippen LogP contribution in [0.25, 0.3) is 0 Å². The van der Waals surface area contributed by atoms with E-state index in [1.54, 1.807) is 10.9 Å². The summed E-state index contributed by atoms with van der Waals surface area (Å²) in [6, 6.07) is -0.00424. The van der Waals surface area contributed by atoms with Crippen LogP contribution in [0.2, 0.25) is 0 Å². The van der Waals surface area contributed by atoms with Gasteiger partial charge in [-0.2, -0.15) is 5.10 Å². The molecule has 1 saturated heterocycles. The van der Waals surface area contributed by atoms with Gasteiger partial charge in [0.05, 0.1) is 17.8 Å². The molecule has 94 valence electrons. The van der Waals surface area contributed by atoms with E-state index in [4.69, 9.17) is 0 Å². The van der Waals surface area contributed by atoms with Crippen LogP contribution in [0.3, 0.4) is 0 Å². The highest BCUT2D eigenvalue weighted by molar-refractivity contribution is 5.86. The average Bonchev–Trinajstić information content (AvgIpc) is 2.88. The largest absolute Gasteiger partial charge is 0.348 e. The first-order valence-electron chi connectivity index (χ1n) is 6.06. The molecule has 17 heavy (non-hydrogen) atoms. The van der Waals surface area contributed by atoms with Gasteiger partial charge >= 0.3 is 0 Å². The summed E-state index contributed by atoms with van der Waals surface area (Å²) >= 11 is 0. The number of nitrogens with one attached hydrogen (secondary N) is 2. The Balaban J connectivity index is 1.99. The second-order valence-electron chi connectivity index (χ2n) is 5.00. The summed E-state index contributed by atoms with van der Waals surface area (Å²) in [6.07, 6.45) is 5.68. The summed E-state index contributed by atoms with van der Waals surface area (Å²) in [5.74, 6) is 0.0753. The predicted octanol–water partition coefficient (Wildman–Crippen LogP) is 0.739. The first-order chi connectivity index (χ1) is 8.01. The van der Waals surface area contributed by atoms with Crippen LogP contribution in [-0.2, 0) is 11.8 Å². The third-order valence-electron chi connectivity index (χ3n) is 3.44. The van der Waals surface area contributed by atoms with Crippen LogP contribution in [0, 0.1) is 0 Å². The lowest BCUT2D eigenvalue weighted by Gasteiger charge is -2.25. The fraction of sp³-hybridized carbons (Fsp3) is 0.667. The Bertz CT molecular complexity index is 406. The molecule has 0 saturated carbocycles. The van der Waals surface area contributed by atoms with Crippen molar-refractivity contribution in [1.82, 2.24) is 20.4 Å². The summed E-state index contributed by atoms with van der Waals surface area (Å²) < 4.78 is 1.74. The quantitative estimate of drug-likeness (QED) is 0.814. The Morgan fingerprint density at radius 2 is 2.47 bits per heavy atom. The lowest BCUT2D eigenvalue weighted by molar-refractivity contribution is -0.127. The number of carbonyl (C=O) groups excluding carboxylic acids is 1. The normalized spacial score (nSPS) is 25.8. The second kappa shape index (κ2) is 4.49. The summed E-state index contributed by atoms with van der Waals surface area (Å²) in [7, 11) is 1.87. The third-order valence-corrected chi connectivity index (χ3v) is 3.44. The fourth-order valence-electron chi connectivity index (χ4n) is 2.19. The van der Waals surface area contributed by atoms with Gasteiger partial charge in [0, 0.05) is 18.8 Å². The number of hydrogen-bond donors (Lipinski definition) is 2. The Morgan fingerprint density at radius 3 is 3.00 bits per heavy atom. The summed E-state index contributed by atoms with van der Waals surface area (Å²) in [6.45, 7) is 4.86. The summed E-state index contributed by atoms with van der Waals surface area (Å²) in [5, 5.41) is 10.4. The van der Waals surface area contributed by atoms with Gasteiger partial charge in [-0.25, -0.2) is 0 Å². The monoisotopic (exact) mass is 236 g/mol. The SMILES string of the molecule is CC(NC(=O)C1(C)CCCN1)c1cnn(C)c1. The van der Waals surface area contributed by atoms with E-state index >= 15 is 0 Å². The molecule has 2 heterocycles. The van der Waals surface area contributed by atoms with Gasteiger partial charge in [0.25, 0.3) is 0 Å². The number of rotatable bonds is 3. The summed E-state index contributed by atoms with van der Waals surface area (Å²) in [4.78, 5) is 12.2. The molecule has 5 heteroatoms. The minimum absolute atomic E-state index is 0.00424.